The second-order valence-electron chi connectivity index (χ2n) is 4.58. The van der Waals surface area contributed by atoms with Crippen molar-refractivity contribution in [3.05, 3.63) is 42.0 Å². The van der Waals surface area contributed by atoms with Crippen LogP contribution in [0, 0.1) is 5.92 Å². The summed E-state index contributed by atoms with van der Waals surface area (Å²) in [4.78, 5) is 11.0. The molecule has 19 heavy (non-hydrogen) atoms. The van der Waals surface area contributed by atoms with Crippen molar-refractivity contribution in [1.82, 2.24) is 0 Å². The molecule has 0 aromatic heterocycles. The standard InChI is InChI=1S/C15H18N2O2/c1-10(15(17)18)9-19-14-7-6-11-4-2-3-5-12(11)13(14)8-16/h2-7,10H,8-9,16H2,1H3,(H2,17,18). The normalized spacial score (nSPS) is 12.3. The van der Waals surface area contributed by atoms with Crippen LogP contribution < -0.4 is 16.2 Å². The summed E-state index contributed by atoms with van der Waals surface area (Å²) >= 11 is 0. The molecular formula is C15H18N2O2. The first-order valence-corrected chi connectivity index (χ1v) is 6.26. The molecule has 2 aromatic carbocycles. The van der Waals surface area contributed by atoms with Crippen molar-refractivity contribution in [2.75, 3.05) is 6.61 Å². The Kier molecular flexibility index (Phi) is 4.02. The van der Waals surface area contributed by atoms with Crippen LogP contribution in [0.4, 0.5) is 0 Å². The van der Waals surface area contributed by atoms with Gasteiger partial charge in [-0.3, -0.25) is 4.79 Å². The highest BCUT2D eigenvalue weighted by molar-refractivity contribution is 5.87. The van der Waals surface area contributed by atoms with Gasteiger partial charge in [0.05, 0.1) is 12.5 Å². The molecule has 0 bridgehead atoms. The number of hydrogen-bond acceptors (Lipinski definition) is 3. The first-order valence-electron chi connectivity index (χ1n) is 6.26. The molecule has 0 saturated heterocycles. The summed E-state index contributed by atoms with van der Waals surface area (Å²) in [5.74, 6) is 0.0292. The minimum Gasteiger partial charge on any atom is -0.492 e. The van der Waals surface area contributed by atoms with Crippen molar-refractivity contribution in [2.45, 2.75) is 13.5 Å². The number of ether oxygens (including phenoxy) is 1. The molecule has 2 rings (SSSR count). The summed E-state index contributed by atoms with van der Waals surface area (Å²) in [6, 6.07) is 11.9. The van der Waals surface area contributed by atoms with E-state index in [1.165, 1.54) is 0 Å². The van der Waals surface area contributed by atoms with Gasteiger partial charge in [0.2, 0.25) is 5.91 Å². The third-order valence-corrected chi connectivity index (χ3v) is 3.18. The number of carbonyl (C=O) groups excluding carboxylic acids is 1. The molecule has 0 radical (unpaired) electrons. The molecule has 0 heterocycles. The third kappa shape index (κ3) is 2.85. The fraction of sp³-hybridized carbons (Fsp3) is 0.267. The Morgan fingerprint density at radius 2 is 2.00 bits per heavy atom. The Bertz CT molecular complexity index is 596. The maximum atomic E-state index is 11.0. The predicted molar refractivity (Wildman–Crippen MR) is 75.7 cm³/mol. The van der Waals surface area contributed by atoms with Crippen molar-refractivity contribution < 1.29 is 9.53 Å². The second kappa shape index (κ2) is 5.71. The highest BCUT2D eigenvalue weighted by Gasteiger charge is 2.12. The van der Waals surface area contributed by atoms with Gasteiger partial charge in [0.1, 0.15) is 5.75 Å². The van der Waals surface area contributed by atoms with Gasteiger partial charge in [-0.15, -0.1) is 0 Å². The van der Waals surface area contributed by atoms with E-state index in [9.17, 15) is 4.79 Å². The monoisotopic (exact) mass is 258 g/mol. The fourth-order valence-electron chi connectivity index (χ4n) is 1.96. The molecule has 0 aliphatic heterocycles. The number of nitrogens with two attached hydrogens (primary N) is 2. The Labute approximate surface area is 112 Å². The van der Waals surface area contributed by atoms with Crippen LogP contribution in [0.3, 0.4) is 0 Å². The quantitative estimate of drug-likeness (QED) is 0.858. The molecule has 100 valence electrons. The maximum Gasteiger partial charge on any atom is 0.223 e. The van der Waals surface area contributed by atoms with E-state index in [0.29, 0.717) is 12.3 Å². The summed E-state index contributed by atoms with van der Waals surface area (Å²) < 4.78 is 5.68. The van der Waals surface area contributed by atoms with E-state index in [1.54, 1.807) is 6.92 Å². The van der Waals surface area contributed by atoms with Gasteiger partial charge < -0.3 is 16.2 Å². The molecule has 2 aromatic rings. The number of benzene rings is 2. The lowest BCUT2D eigenvalue weighted by Gasteiger charge is -2.15. The first kappa shape index (κ1) is 13.4. The Balaban J connectivity index is 2.30. The van der Waals surface area contributed by atoms with Crippen LogP contribution in [0.15, 0.2) is 36.4 Å². The van der Waals surface area contributed by atoms with Gasteiger partial charge in [-0.05, 0) is 16.8 Å². The van der Waals surface area contributed by atoms with E-state index in [4.69, 9.17) is 16.2 Å². The number of rotatable bonds is 5. The molecule has 1 unspecified atom stereocenters. The SMILES string of the molecule is CC(COc1ccc2ccccc2c1CN)C(N)=O. The number of primary amides is 1. The molecule has 0 saturated carbocycles. The zero-order valence-corrected chi connectivity index (χ0v) is 10.9. The van der Waals surface area contributed by atoms with E-state index in [0.717, 1.165) is 16.3 Å². The average molecular weight is 258 g/mol. The average Bonchev–Trinajstić information content (AvgIpc) is 2.43. The predicted octanol–water partition coefficient (Wildman–Crippen LogP) is 1.80. The Morgan fingerprint density at radius 1 is 1.26 bits per heavy atom. The van der Waals surface area contributed by atoms with Crippen LogP contribution in [0.2, 0.25) is 0 Å². The van der Waals surface area contributed by atoms with Crippen molar-refractivity contribution in [2.24, 2.45) is 17.4 Å². The van der Waals surface area contributed by atoms with Gasteiger partial charge in [-0.25, -0.2) is 0 Å². The van der Waals surface area contributed by atoms with Gasteiger partial charge in [0.25, 0.3) is 0 Å². The van der Waals surface area contributed by atoms with Crippen LogP contribution in [0.5, 0.6) is 5.75 Å². The largest absolute Gasteiger partial charge is 0.492 e. The van der Waals surface area contributed by atoms with Crippen molar-refractivity contribution >= 4 is 16.7 Å². The van der Waals surface area contributed by atoms with E-state index >= 15 is 0 Å². The molecule has 4 heteroatoms. The van der Waals surface area contributed by atoms with Crippen LogP contribution in [0.1, 0.15) is 12.5 Å². The van der Waals surface area contributed by atoms with Gasteiger partial charge in [-0.1, -0.05) is 37.3 Å². The molecular weight excluding hydrogens is 240 g/mol. The van der Waals surface area contributed by atoms with Gasteiger partial charge >= 0.3 is 0 Å². The molecule has 1 atom stereocenters. The van der Waals surface area contributed by atoms with E-state index in [1.807, 2.05) is 36.4 Å². The minimum atomic E-state index is -0.366. The van der Waals surface area contributed by atoms with Crippen LogP contribution in [-0.2, 0) is 11.3 Å². The van der Waals surface area contributed by atoms with Crippen molar-refractivity contribution in [3.63, 3.8) is 0 Å². The van der Waals surface area contributed by atoms with Crippen molar-refractivity contribution in [1.29, 1.82) is 0 Å². The molecule has 0 aliphatic rings. The Hall–Kier alpha value is -2.07. The summed E-state index contributed by atoms with van der Waals surface area (Å²) in [7, 11) is 0. The van der Waals surface area contributed by atoms with E-state index < -0.39 is 0 Å². The lowest BCUT2D eigenvalue weighted by molar-refractivity contribution is -0.122. The maximum absolute atomic E-state index is 11.0. The minimum absolute atomic E-state index is 0.265. The zero-order valence-electron chi connectivity index (χ0n) is 10.9. The lowest BCUT2D eigenvalue weighted by Crippen LogP contribution is -2.26. The topological polar surface area (TPSA) is 78.3 Å². The van der Waals surface area contributed by atoms with Crippen LogP contribution in [0.25, 0.3) is 10.8 Å². The highest BCUT2D eigenvalue weighted by atomic mass is 16.5. The first-order chi connectivity index (χ1) is 9.13. The van der Waals surface area contributed by atoms with Gasteiger partial charge in [0.15, 0.2) is 0 Å². The number of amides is 1. The fourth-order valence-corrected chi connectivity index (χ4v) is 1.96. The molecule has 4 nitrogen and oxygen atoms in total. The Morgan fingerprint density at radius 3 is 2.68 bits per heavy atom. The highest BCUT2D eigenvalue weighted by Crippen LogP contribution is 2.27. The summed E-state index contributed by atoms with van der Waals surface area (Å²) in [5.41, 5.74) is 12.0. The number of carbonyl (C=O) groups is 1. The summed E-state index contributed by atoms with van der Waals surface area (Å²) in [6.45, 7) is 2.40. The smallest absolute Gasteiger partial charge is 0.223 e. The van der Waals surface area contributed by atoms with Gasteiger partial charge in [0, 0.05) is 12.1 Å². The molecule has 1 amide bonds. The van der Waals surface area contributed by atoms with E-state index in [-0.39, 0.29) is 18.4 Å². The molecule has 0 aliphatic carbocycles. The second-order valence-corrected chi connectivity index (χ2v) is 4.58. The lowest BCUT2D eigenvalue weighted by atomic mass is 10.0. The van der Waals surface area contributed by atoms with E-state index in [2.05, 4.69) is 0 Å². The summed E-state index contributed by atoms with van der Waals surface area (Å²) in [6.07, 6.45) is 0. The number of fused-ring (bicyclic) bond motifs is 1. The summed E-state index contributed by atoms with van der Waals surface area (Å²) in [5, 5.41) is 2.20. The van der Waals surface area contributed by atoms with Crippen molar-refractivity contribution in [3.8, 4) is 5.75 Å². The third-order valence-electron chi connectivity index (χ3n) is 3.18. The molecule has 4 N–H and O–H groups in total. The van der Waals surface area contributed by atoms with Crippen LogP contribution >= 0.6 is 0 Å². The zero-order chi connectivity index (χ0) is 13.8. The molecule has 0 fully saturated rings. The molecule has 0 spiro atoms. The van der Waals surface area contributed by atoms with Crippen LogP contribution in [-0.4, -0.2) is 12.5 Å². The number of hydrogen-bond donors (Lipinski definition) is 2. The van der Waals surface area contributed by atoms with Gasteiger partial charge in [-0.2, -0.15) is 0 Å².